The van der Waals surface area contributed by atoms with Gasteiger partial charge in [-0.1, -0.05) is 11.2 Å². The summed E-state index contributed by atoms with van der Waals surface area (Å²) in [5, 5.41) is 4.99. The number of amides is 1. The molecular weight excluding hydrogens is 426 g/mol. The van der Waals surface area contributed by atoms with Gasteiger partial charge in [0.05, 0.1) is 12.8 Å². The number of anilines is 2. The average molecular weight is 454 g/mol. The Bertz CT molecular complexity index is 1480. The van der Waals surface area contributed by atoms with E-state index in [1.807, 2.05) is 0 Å². The van der Waals surface area contributed by atoms with Gasteiger partial charge in [0.2, 0.25) is 5.88 Å². The number of thiophene rings is 1. The minimum absolute atomic E-state index is 0.0157. The number of aromatic nitrogens is 1. The summed E-state index contributed by atoms with van der Waals surface area (Å²) in [5.74, 6) is -2.23. The zero-order valence-corrected chi connectivity index (χ0v) is 18.1. The number of hydrogen-bond donors (Lipinski definition) is 2. The molecule has 2 aromatic heterocycles. The van der Waals surface area contributed by atoms with Gasteiger partial charge in [0.1, 0.15) is 9.77 Å². The van der Waals surface area contributed by atoms with Crippen molar-refractivity contribution in [2.24, 2.45) is 0 Å². The van der Waals surface area contributed by atoms with Crippen LogP contribution in [0, 0.1) is 27.6 Å². The van der Waals surface area contributed by atoms with E-state index in [-0.39, 0.29) is 33.1 Å². The molecule has 3 rings (SSSR count). The summed E-state index contributed by atoms with van der Waals surface area (Å²) in [5.41, 5.74) is -0.200. The van der Waals surface area contributed by atoms with Crippen molar-refractivity contribution in [3.05, 3.63) is 56.4 Å². The number of benzene rings is 1. The minimum atomic E-state index is -4.79. The molecule has 0 unspecified atom stereocenters. The van der Waals surface area contributed by atoms with Crippen LogP contribution in [0.5, 0.6) is 0 Å². The lowest BCUT2D eigenvalue weighted by Gasteiger charge is -2.14. The van der Waals surface area contributed by atoms with Gasteiger partial charge in [-0.25, -0.2) is 13.1 Å². The quantitative estimate of drug-likeness (QED) is 0.539. The second-order valence-electron chi connectivity index (χ2n) is 6.45. The highest BCUT2D eigenvalue weighted by Crippen LogP contribution is 2.29. The normalized spacial score (nSPS) is 14.7. The van der Waals surface area contributed by atoms with Crippen molar-refractivity contribution in [3.8, 4) is 0 Å². The Labute approximate surface area is 186 Å². The van der Waals surface area contributed by atoms with Gasteiger partial charge in [0.25, 0.3) is 15.9 Å². The monoisotopic (exact) mass is 453 g/mol. The van der Waals surface area contributed by atoms with Gasteiger partial charge in [-0.2, -0.15) is 0 Å². The fraction of sp³-hybridized carbons (Fsp3) is 0.250. The summed E-state index contributed by atoms with van der Waals surface area (Å²) in [6, 6.07) is 2.46. The van der Waals surface area contributed by atoms with Crippen LogP contribution < -0.4 is 10.0 Å². The molecule has 2 heterocycles. The van der Waals surface area contributed by atoms with Crippen molar-refractivity contribution in [1.82, 2.24) is 5.16 Å². The molecule has 1 aromatic carbocycles. The van der Waals surface area contributed by atoms with Gasteiger partial charge < -0.3 is 9.83 Å². The summed E-state index contributed by atoms with van der Waals surface area (Å²) in [7, 11) is -4.79. The first-order valence-corrected chi connectivity index (χ1v) is 10.9. The number of carbonyl (C=O) groups excluding carboxylic acids is 2. The number of sulfonamides is 1. The van der Waals surface area contributed by atoms with Crippen LogP contribution in [0.3, 0.4) is 0 Å². The molecule has 0 atom stereocenters. The molecule has 0 aliphatic rings. The Morgan fingerprint density at radius 2 is 2.07 bits per heavy atom. The first-order valence-electron chi connectivity index (χ1n) is 11.4. The van der Waals surface area contributed by atoms with Crippen LogP contribution in [0.4, 0.5) is 11.6 Å². The second-order valence-corrected chi connectivity index (χ2v) is 8.94. The fourth-order valence-electron chi connectivity index (χ4n) is 2.67. The Balaban J connectivity index is 2.08. The predicted octanol–water partition coefficient (Wildman–Crippen LogP) is 4.23. The molecule has 30 heavy (non-hydrogen) atoms. The lowest BCUT2D eigenvalue weighted by atomic mass is 10.0. The van der Waals surface area contributed by atoms with Crippen molar-refractivity contribution < 1.29 is 30.8 Å². The maximum absolute atomic E-state index is 13.3. The van der Waals surface area contributed by atoms with E-state index in [0.29, 0.717) is 22.2 Å². The first-order chi connectivity index (χ1) is 16.5. The number of nitrogens with zero attached hydrogens (tertiary/aromatic N) is 1. The molecule has 0 aliphatic carbocycles. The SMILES string of the molecule is [2H]c1c(C)cc(C(C)=O)c(N([2H])C(=O)c2sccc2S(=O)(=O)N([2H])c2onc(C([2H])([2H])[2H])c2C)c1C. The predicted molar refractivity (Wildman–Crippen MR) is 115 cm³/mol. The molecule has 0 radical (unpaired) electrons. The van der Waals surface area contributed by atoms with E-state index in [4.69, 9.17) is 12.8 Å². The summed E-state index contributed by atoms with van der Waals surface area (Å²) in [6.07, 6.45) is 0. The maximum Gasteiger partial charge on any atom is 0.267 e. The third-order valence-corrected chi connectivity index (χ3v) is 6.49. The minimum Gasteiger partial charge on any atom is -0.337 e. The number of Topliss-reactive ketones (excluding diaryl/α,β-unsaturated/α-hetero) is 1. The number of rotatable bonds is 6. The van der Waals surface area contributed by atoms with Crippen LogP contribution in [0.15, 0.2) is 33.0 Å². The molecule has 0 fully saturated rings. The molecule has 0 saturated carbocycles. The summed E-state index contributed by atoms with van der Waals surface area (Å²) < 4.78 is 78.3. The van der Waals surface area contributed by atoms with Crippen LogP contribution in [-0.4, -0.2) is 25.3 Å². The molecule has 0 aliphatic heterocycles. The van der Waals surface area contributed by atoms with E-state index in [1.54, 1.807) is 6.92 Å². The molecule has 2 N–H and O–H groups in total. The number of carbonyl (C=O) groups is 2. The van der Waals surface area contributed by atoms with Gasteiger partial charge in [-0.3, -0.25) is 9.59 Å². The highest BCUT2D eigenvalue weighted by molar-refractivity contribution is 7.93. The summed E-state index contributed by atoms with van der Waals surface area (Å²) in [6.45, 7) is 2.85. The Hall–Kier alpha value is -2.98. The highest BCUT2D eigenvalue weighted by Gasteiger charge is 2.27. The molecule has 158 valence electrons. The topological polar surface area (TPSA) is 118 Å². The first kappa shape index (κ1) is 14.9. The number of nitrogens with one attached hydrogen (secondary N) is 2. The molecule has 10 heteroatoms. The fourth-order valence-corrected chi connectivity index (χ4v) is 4.94. The van der Waals surface area contributed by atoms with E-state index in [2.05, 4.69) is 5.16 Å². The number of ketones is 1. The van der Waals surface area contributed by atoms with Crippen molar-refractivity contribution in [2.45, 2.75) is 39.4 Å². The van der Waals surface area contributed by atoms with E-state index in [1.165, 1.54) is 32.2 Å². The van der Waals surface area contributed by atoms with Gasteiger partial charge in [0.15, 0.2) is 8.61 Å². The number of hydrogen-bond acceptors (Lipinski definition) is 7. The van der Waals surface area contributed by atoms with Crippen LogP contribution in [0.2, 0.25) is 2.82 Å². The van der Waals surface area contributed by atoms with Gasteiger partial charge in [-0.05, 0) is 63.2 Å². The number of aryl methyl sites for hydroxylation is 2. The lowest BCUT2D eigenvalue weighted by molar-refractivity contribution is 0.101. The van der Waals surface area contributed by atoms with Crippen LogP contribution in [0.25, 0.3) is 0 Å². The maximum atomic E-state index is 13.3. The molecule has 0 spiro atoms. The Morgan fingerprint density at radius 3 is 2.70 bits per heavy atom. The van der Waals surface area contributed by atoms with Crippen LogP contribution in [0.1, 0.15) is 54.8 Å². The van der Waals surface area contributed by atoms with E-state index < -0.39 is 49.9 Å². The van der Waals surface area contributed by atoms with E-state index in [9.17, 15) is 18.0 Å². The molecule has 1 amide bonds. The average Bonchev–Trinajstić information content (AvgIpc) is 3.42. The van der Waals surface area contributed by atoms with E-state index in [0.717, 1.165) is 6.07 Å². The smallest absolute Gasteiger partial charge is 0.267 e. The second kappa shape index (κ2) is 8.04. The summed E-state index contributed by atoms with van der Waals surface area (Å²) >= 11 is 0.693. The zero-order chi connectivity index (χ0) is 27.3. The van der Waals surface area contributed by atoms with Gasteiger partial charge in [-0.15, -0.1) is 11.3 Å². The van der Waals surface area contributed by atoms with Gasteiger partial charge >= 0.3 is 0 Å². The lowest BCUT2D eigenvalue weighted by Crippen LogP contribution is -2.20. The van der Waals surface area contributed by atoms with E-state index >= 15 is 0 Å². The molecule has 3 aromatic rings. The summed E-state index contributed by atoms with van der Waals surface area (Å²) in [4.78, 5) is 24.4. The largest absolute Gasteiger partial charge is 0.337 e. The molecule has 0 saturated heterocycles. The zero-order valence-electron chi connectivity index (χ0n) is 22.4. The van der Waals surface area contributed by atoms with Gasteiger partial charge in [0, 0.05) is 15.2 Å². The third kappa shape index (κ3) is 4.14. The Morgan fingerprint density at radius 1 is 1.33 bits per heavy atom. The third-order valence-electron chi connectivity index (χ3n) is 4.15. The van der Waals surface area contributed by atoms with Crippen molar-refractivity contribution >= 4 is 44.6 Å². The molecular formula is C20H21N3O5S2. The van der Waals surface area contributed by atoms with Crippen molar-refractivity contribution in [3.63, 3.8) is 0 Å². The molecule has 0 bridgehead atoms. The van der Waals surface area contributed by atoms with Crippen LogP contribution in [-0.2, 0) is 10.0 Å². The molecule has 8 nitrogen and oxygen atoms in total. The standard InChI is InChI=1S/C20H21N3O5S2/c1-10-8-11(2)17(15(9-10)14(5)24)21-19(25)18-16(6-7-29-18)30(26,27)23-20-12(3)13(4)22-28-20/h6-9,23H,1-5H3,(H,21,25)/i4D3,8D/hD2. The van der Waals surface area contributed by atoms with Crippen molar-refractivity contribution in [2.75, 3.05) is 10.0 Å². The van der Waals surface area contributed by atoms with Crippen molar-refractivity contribution in [1.29, 1.82) is 0 Å². The Kier molecular flexibility index (Phi) is 4.00. The van der Waals surface area contributed by atoms with Crippen LogP contribution >= 0.6 is 11.3 Å². The highest BCUT2D eigenvalue weighted by atomic mass is 32.2.